The predicted molar refractivity (Wildman–Crippen MR) is 102 cm³/mol. The van der Waals surface area contributed by atoms with Crippen molar-refractivity contribution < 1.29 is 18.9 Å². The molecule has 0 radical (unpaired) electrons. The normalized spacial score (nSPS) is 16.4. The average Bonchev–Trinajstić information content (AvgIpc) is 2.70. The third-order valence-electron chi connectivity index (χ3n) is 4.74. The van der Waals surface area contributed by atoms with E-state index in [9.17, 15) is 9.18 Å². The van der Waals surface area contributed by atoms with Crippen LogP contribution in [0.2, 0.25) is 0 Å². The summed E-state index contributed by atoms with van der Waals surface area (Å²) in [6.07, 6.45) is 0.602. The highest BCUT2D eigenvalue weighted by Crippen LogP contribution is 2.05. The number of rotatable bonds is 6. The summed E-state index contributed by atoms with van der Waals surface area (Å²) in [5.41, 5.74) is 1.64. The number of halogens is 1. The van der Waals surface area contributed by atoms with Crippen LogP contribution in [0.3, 0.4) is 0 Å². The van der Waals surface area contributed by atoms with Gasteiger partial charge in [0.15, 0.2) is 0 Å². The van der Waals surface area contributed by atoms with E-state index in [0.717, 1.165) is 19.6 Å². The first-order chi connectivity index (χ1) is 13.1. The van der Waals surface area contributed by atoms with E-state index < -0.39 is 6.10 Å². The molecule has 2 aromatic rings. The molecule has 6 heteroatoms. The second kappa shape index (κ2) is 9.28. The summed E-state index contributed by atoms with van der Waals surface area (Å²) in [7, 11) is 0. The molecule has 1 heterocycles. The van der Waals surface area contributed by atoms with E-state index in [2.05, 4.69) is 29.4 Å². The molecular weight excluding hydrogens is 345 g/mol. The molecule has 0 saturated carbocycles. The average molecular weight is 370 g/mol. The van der Waals surface area contributed by atoms with Crippen LogP contribution in [0.15, 0.2) is 59.8 Å². The van der Waals surface area contributed by atoms with Gasteiger partial charge in [-0.3, -0.25) is 4.79 Å². The molecule has 1 fully saturated rings. The molecule has 142 valence electrons. The van der Waals surface area contributed by atoms with Crippen molar-refractivity contribution in [2.24, 2.45) is 5.16 Å². The molecule has 1 N–H and O–H groups in total. The van der Waals surface area contributed by atoms with E-state index in [-0.39, 0.29) is 11.7 Å². The lowest BCUT2D eigenvalue weighted by atomic mass is 10.2. The quantitative estimate of drug-likeness (QED) is 0.619. The lowest BCUT2D eigenvalue weighted by Crippen LogP contribution is -3.13. The zero-order valence-electron chi connectivity index (χ0n) is 15.5. The number of nitrogens with one attached hydrogen (secondary N) is 1. The second-order valence-electron chi connectivity index (χ2n) is 6.74. The Kier molecular flexibility index (Phi) is 6.54. The molecule has 1 aliphatic heterocycles. The summed E-state index contributed by atoms with van der Waals surface area (Å²) in [5.74, 6) is -0.458. The molecule has 0 aliphatic carbocycles. The topological polar surface area (TPSA) is 46.3 Å². The first-order valence-electron chi connectivity index (χ1n) is 9.23. The van der Waals surface area contributed by atoms with Crippen molar-refractivity contribution in [2.75, 3.05) is 26.2 Å². The maximum absolute atomic E-state index is 13.5. The maximum atomic E-state index is 13.5. The number of piperazine rings is 1. The van der Waals surface area contributed by atoms with Crippen molar-refractivity contribution >= 4 is 12.1 Å². The second-order valence-corrected chi connectivity index (χ2v) is 6.74. The van der Waals surface area contributed by atoms with Gasteiger partial charge in [-0.25, -0.2) is 4.39 Å². The molecule has 1 saturated heterocycles. The highest BCUT2D eigenvalue weighted by molar-refractivity contribution is 5.81. The molecule has 0 spiro atoms. The first kappa shape index (κ1) is 19.0. The molecule has 1 aliphatic rings. The Morgan fingerprint density at radius 1 is 1.19 bits per heavy atom. The maximum Gasteiger partial charge on any atom is 0.266 e. The molecule has 27 heavy (non-hydrogen) atoms. The van der Waals surface area contributed by atoms with Crippen molar-refractivity contribution in [3.8, 4) is 0 Å². The molecule has 2 aromatic carbocycles. The van der Waals surface area contributed by atoms with Crippen LogP contribution in [-0.2, 0) is 16.2 Å². The van der Waals surface area contributed by atoms with Crippen LogP contribution in [0, 0.1) is 5.82 Å². The van der Waals surface area contributed by atoms with E-state index in [1.54, 1.807) is 25.1 Å². The van der Waals surface area contributed by atoms with Gasteiger partial charge >= 0.3 is 0 Å². The fourth-order valence-electron chi connectivity index (χ4n) is 3.17. The number of quaternary nitrogens is 1. The minimum Gasteiger partial charge on any atom is -0.383 e. The van der Waals surface area contributed by atoms with Crippen LogP contribution in [0.5, 0.6) is 0 Å². The molecule has 3 rings (SSSR count). The Bertz CT molecular complexity index is 774. The lowest BCUT2D eigenvalue weighted by molar-refractivity contribution is -0.917. The van der Waals surface area contributed by atoms with Crippen molar-refractivity contribution in [1.82, 2.24) is 4.90 Å². The largest absolute Gasteiger partial charge is 0.383 e. The number of oxime groups is 1. The third-order valence-corrected chi connectivity index (χ3v) is 4.74. The number of carbonyl (C=O) groups is 1. The summed E-state index contributed by atoms with van der Waals surface area (Å²) >= 11 is 0. The van der Waals surface area contributed by atoms with Crippen molar-refractivity contribution in [3.05, 3.63) is 71.5 Å². The Morgan fingerprint density at radius 3 is 2.56 bits per heavy atom. The minimum absolute atomic E-state index is 0.0838. The number of benzene rings is 2. The van der Waals surface area contributed by atoms with Gasteiger partial charge in [-0.1, -0.05) is 53.7 Å². The third kappa shape index (κ3) is 5.37. The zero-order chi connectivity index (χ0) is 19.1. The van der Waals surface area contributed by atoms with Gasteiger partial charge < -0.3 is 14.6 Å². The number of carbonyl (C=O) groups excluding carboxylic acids is 1. The standard InChI is InChI=1S/C21H24FN3O2/c1-17(27-23-15-19-9-5-6-10-20(19)22)21(26)25-13-11-24(12-14-25)16-18-7-3-2-4-8-18/h2-10,15,17H,11-14,16H2,1H3/p+1/b23-15-/t17-/m0/s1. The molecule has 0 aromatic heterocycles. The Hall–Kier alpha value is -2.73. The van der Waals surface area contributed by atoms with Gasteiger partial charge in [0.2, 0.25) is 6.10 Å². The van der Waals surface area contributed by atoms with Gasteiger partial charge in [0.1, 0.15) is 12.4 Å². The van der Waals surface area contributed by atoms with E-state index in [0.29, 0.717) is 18.7 Å². The fraction of sp³-hybridized carbons (Fsp3) is 0.333. The Balaban J connectivity index is 1.45. The minimum atomic E-state index is -0.691. The molecule has 0 bridgehead atoms. The smallest absolute Gasteiger partial charge is 0.266 e. The molecule has 5 nitrogen and oxygen atoms in total. The molecule has 0 unspecified atom stereocenters. The van der Waals surface area contributed by atoms with E-state index >= 15 is 0 Å². The number of nitrogens with zero attached hydrogens (tertiary/aromatic N) is 2. The van der Waals surface area contributed by atoms with Crippen LogP contribution in [0.1, 0.15) is 18.1 Å². The van der Waals surface area contributed by atoms with Gasteiger partial charge in [0.25, 0.3) is 5.91 Å². The highest BCUT2D eigenvalue weighted by atomic mass is 19.1. The van der Waals surface area contributed by atoms with Gasteiger partial charge in [-0.15, -0.1) is 0 Å². The van der Waals surface area contributed by atoms with Gasteiger partial charge in [-0.2, -0.15) is 0 Å². The van der Waals surface area contributed by atoms with E-state index in [1.807, 2.05) is 11.0 Å². The Morgan fingerprint density at radius 2 is 1.85 bits per heavy atom. The van der Waals surface area contributed by atoms with Crippen molar-refractivity contribution in [3.63, 3.8) is 0 Å². The van der Waals surface area contributed by atoms with Gasteiger partial charge in [-0.05, 0) is 13.0 Å². The summed E-state index contributed by atoms with van der Waals surface area (Å²) < 4.78 is 13.5. The summed E-state index contributed by atoms with van der Waals surface area (Å²) in [6, 6.07) is 16.7. The van der Waals surface area contributed by atoms with Crippen LogP contribution < -0.4 is 4.90 Å². The van der Waals surface area contributed by atoms with Crippen LogP contribution in [0.25, 0.3) is 0 Å². The van der Waals surface area contributed by atoms with Crippen LogP contribution in [0.4, 0.5) is 4.39 Å². The zero-order valence-corrected chi connectivity index (χ0v) is 15.5. The number of hydrogen-bond donors (Lipinski definition) is 1. The molecular formula is C21H25FN3O2+. The van der Waals surface area contributed by atoms with Crippen molar-refractivity contribution in [1.29, 1.82) is 0 Å². The summed E-state index contributed by atoms with van der Waals surface area (Å²) in [5, 5.41) is 3.77. The molecule has 1 amide bonds. The van der Waals surface area contributed by atoms with Crippen molar-refractivity contribution in [2.45, 2.75) is 19.6 Å². The summed E-state index contributed by atoms with van der Waals surface area (Å²) in [4.78, 5) is 21.0. The Labute approximate surface area is 159 Å². The van der Waals surface area contributed by atoms with Gasteiger partial charge in [0, 0.05) is 11.1 Å². The van der Waals surface area contributed by atoms with Crippen LogP contribution in [-0.4, -0.2) is 49.3 Å². The monoisotopic (exact) mass is 370 g/mol. The number of hydrogen-bond acceptors (Lipinski definition) is 3. The molecule has 1 atom stereocenters. The lowest BCUT2D eigenvalue weighted by Gasteiger charge is -2.33. The fourth-order valence-corrected chi connectivity index (χ4v) is 3.17. The predicted octanol–water partition coefficient (Wildman–Crippen LogP) is 1.49. The highest BCUT2D eigenvalue weighted by Gasteiger charge is 2.27. The number of amides is 1. The van der Waals surface area contributed by atoms with Crippen LogP contribution >= 0.6 is 0 Å². The SMILES string of the molecule is C[C@H](O/N=C\c1ccccc1F)C(=O)N1CC[NH+](Cc2ccccc2)CC1. The van der Waals surface area contributed by atoms with E-state index in [1.165, 1.54) is 22.7 Å². The summed E-state index contributed by atoms with van der Waals surface area (Å²) in [6.45, 7) is 5.86. The van der Waals surface area contributed by atoms with E-state index in [4.69, 9.17) is 4.84 Å². The first-order valence-corrected chi connectivity index (χ1v) is 9.23. The van der Waals surface area contributed by atoms with Gasteiger partial charge in [0.05, 0.1) is 32.4 Å².